The van der Waals surface area contributed by atoms with Gasteiger partial charge in [-0.2, -0.15) is 0 Å². The molecule has 1 amide bonds. The maximum Gasteiger partial charge on any atom is 0.266 e. The van der Waals surface area contributed by atoms with Crippen molar-refractivity contribution in [2.24, 2.45) is 5.92 Å². The summed E-state index contributed by atoms with van der Waals surface area (Å²) in [6, 6.07) is 3.45. The number of phenolic OH excluding ortho intramolecular Hbond substituents is 1. The SMILES string of the molecule is CCOc1cc(/C=C2\SC(=S)N(CC(C)C)C2=O)cc(Br)c1O. The Labute approximate surface area is 154 Å². The van der Waals surface area contributed by atoms with E-state index in [0.29, 0.717) is 38.5 Å². The fourth-order valence-corrected chi connectivity index (χ4v) is 3.85. The van der Waals surface area contributed by atoms with Crippen LogP contribution in [-0.2, 0) is 4.79 Å². The van der Waals surface area contributed by atoms with Crippen molar-refractivity contribution in [2.45, 2.75) is 20.8 Å². The number of thiocarbonyl (C=S) groups is 1. The predicted molar refractivity (Wildman–Crippen MR) is 102 cm³/mol. The Morgan fingerprint density at radius 1 is 1.48 bits per heavy atom. The van der Waals surface area contributed by atoms with Crippen molar-refractivity contribution in [1.82, 2.24) is 4.90 Å². The summed E-state index contributed by atoms with van der Waals surface area (Å²) in [5.41, 5.74) is 0.767. The summed E-state index contributed by atoms with van der Waals surface area (Å²) >= 11 is 9.90. The van der Waals surface area contributed by atoms with Gasteiger partial charge >= 0.3 is 0 Å². The highest BCUT2D eigenvalue weighted by Gasteiger charge is 2.32. The zero-order valence-corrected chi connectivity index (χ0v) is 16.3. The summed E-state index contributed by atoms with van der Waals surface area (Å²) in [5.74, 6) is 0.710. The molecule has 23 heavy (non-hydrogen) atoms. The molecule has 0 aliphatic carbocycles. The van der Waals surface area contributed by atoms with Gasteiger partial charge in [0.2, 0.25) is 0 Å². The summed E-state index contributed by atoms with van der Waals surface area (Å²) in [4.78, 5) is 14.7. The number of benzene rings is 1. The van der Waals surface area contributed by atoms with Crippen molar-refractivity contribution >= 4 is 56.2 Å². The monoisotopic (exact) mass is 415 g/mol. The van der Waals surface area contributed by atoms with E-state index in [1.807, 2.05) is 20.8 Å². The minimum absolute atomic E-state index is 0.0522. The Balaban J connectivity index is 2.32. The van der Waals surface area contributed by atoms with Crippen LogP contribution in [-0.4, -0.2) is 33.4 Å². The van der Waals surface area contributed by atoms with Crippen LogP contribution in [0.2, 0.25) is 0 Å². The van der Waals surface area contributed by atoms with Crippen molar-refractivity contribution in [2.75, 3.05) is 13.2 Å². The van der Waals surface area contributed by atoms with E-state index in [9.17, 15) is 9.90 Å². The summed E-state index contributed by atoms with van der Waals surface area (Å²) in [7, 11) is 0. The van der Waals surface area contributed by atoms with Crippen molar-refractivity contribution in [3.8, 4) is 11.5 Å². The van der Waals surface area contributed by atoms with E-state index in [-0.39, 0.29) is 11.7 Å². The number of amides is 1. The number of hydrogen-bond acceptors (Lipinski definition) is 5. The average molecular weight is 416 g/mol. The largest absolute Gasteiger partial charge is 0.503 e. The Morgan fingerprint density at radius 3 is 2.78 bits per heavy atom. The molecule has 0 spiro atoms. The van der Waals surface area contributed by atoms with Gasteiger partial charge in [0.15, 0.2) is 11.5 Å². The number of carbonyl (C=O) groups is 1. The molecule has 0 saturated carbocycles. The molecule has 4 nitrogen and oxygen atoms in total. The van der Waals surface area contributed by atoms with Gasteiger partial charge in [0.25, 0.3) is 5.91 Å². The third kappa shape index (κ3) is 4.28. The van der Waals surface area contributed by atoms with E-state index in [4.69, 9.17) is 17.0 Å². The number of phenols is 1. The van der Waals surface area contributed by atoms with E-state index in [2.05, 4.69) is 15.9 Å². The minimum atomic E-state index is -0.0733. The Kier molecular flexibility index (Phi) is 6.11. The Morgan fingerprint density at radius 2 is 2.17 bits per heavy atom. The normalized spacial score (nSPS) is 16.7. The highest BCUT2D eigenvalue weighted by molar-refractivity contribution is 9.10. The number of aromatic hydroxyl groups is 1. The molecule has 1 fully saturated rings. The van der Waals surface area contributed by atoms with E-state index >= 15 is 0 Å². The summed E-state index contributed by atoms with van der Waals surface area (Å²) in [6.07, 6.45) is 1.77. The lowest BCUT2D eigenvalue weighted by atomic mass is 10.1. The number of rotatable bonds is 5. The van der Waals surface area contributed by atoms with E-state index in [0.717, 1.165) is 5.56 Å². The fraction of sp³-hybridized carbons (Fsp3) is 0.375. The van der Waals surface area contributed by atoms with Gasteiger partial charge in [-0.25, -0.2) is 0 Å². The summed E-state index contributed by atoms with van der Waals surface area (Å²) < 4.78 is 6.51. The molecular weight excluding hydrogens is 398 g/mol. The molecule has 0 radical (unpaired) electrons. The van der Waals surface area contributed by atoms with Gasteiger partial charge in [-0.1, -0.05) is 37.8 Å². The van der Waals surface area contributed by atoms with Crippen molar-refractivity contribution in [1.29, 1.82) is 0 Å². The first-order valence-corrected chi connectivity index (χ1v) is 9.26. The molecule has 1 aliphatic heterocycles. The molecule has 1 aliphatic rings. The van der Waals surface area contributed by atoms with Gasteiger partial charge in [0.1, 0.15) is 4.32 Å². The first-order chi connectivity index (χ1) is 10.8. The molecule has 0 aromatic heterocycles. The molecule has 1 saturated heterocycles. The van der Waals surface area contributed by atoms with Crippen LogP contribution in [0.15, 0.2) is 21.5 Å². The zero-order chi connectivity index (χ0) is 17.1. The smallest absolute Gasteiger partial charge is 0.266 e. The second kappa shape index (κ2) is 7.68. The quantitative estimate of drug-likeness (QED) is 0.569. The number of halogens is 1. The molecule has 0 unspecified atom stereocenters. The number of thioether (sulfide) groups is 1. The molecular formula is C16H18BrNO3S2. The lowest BCUT2D eigenvalue weighted by molar-refractivity contribution is -0.122. The fourth-order valence-electron chi connectivity index (χ4n) is 2.12. The van der Waals surface area contributed by atoms with Crippen LogP contribution >= 0.6 is 39.9 Å². The number of ether oxygens (including phenoxy) is 1. The van der Waals surface area contributed by atoms with Gasteiger partial charge < -0.3 is 9.84 Å². The number of nitrogens with zero attached hydrogens (tertiary/aromatic N) is 1. The van der Waals surface area contributed by atoms with Crippen LogP contribution in [0.5, 0.6) is 11.5 Å². The summed E-state index contributed by atoms with van der Waals surface area (Å²) in [5, 5.41) is 9.96. The molecule has 2 rings (SSSR count). The summed E-state index contributed by atoms with van der Waals surface area (Å²) in [6.45, 7) is 7.00. The van der Waals surface area contributed by atoms with E-state index in [1.165, 1.54) is 11.8 Å². The van der Waals surface area contributed by atoms with Crippen molar-refractivity contribution in [3.05, 3.63) is 27.1 Å². The maximum atomic E-state index is 12.5. The van der Waals surface area contributed by atoms with Gasteiger partial charge in [-0.05, 0) is 52.5 Å². The van der Waals surface area contributed by atoms with Crippen LogP contribution < -0.4 is 4.74 Å². The number of carbonyl (C=O) groups excluding carboxylic acids is 1. The molecule has 124 valence electrons. The Hall–Kier alpha value is -1.05. The van der Waals surface area contributed by atoms with Gasteiger partial charge in [0.05, 0.1) is 16.0 Å². The topological polar surface area (TPSA) is 49.8 Å². The standard InChI is InChI=1S/C16H18BrNO3S2/c1-4-21-12-6-10(5-11(17)14(12)19)7-13-15(20)18(8-9(2)3)16(22)23-13/h5-7,9,19H,4,8H2,1-3H3/b13-7-. The zero-order valence-electron chi connectivity index (χ0n) is 13.1. The second-order valence-corrected chi connectivity index (χ2v) is 8.00. The van der Waals surface area contributed by atoms with E-state index in [1.54, 1.807) is 23.1 Å². The average Bonchev–Trinajstić information content (AvgIpc) is 2.72. The van der Waals surface area contributed by atoms with E-state index < -0.39 is 0 Å². The van der Waals surface area contributed by atoms with Crippen LogP contribution in [0.4, 0.5) is 0 Å². The lowest BCUT2D eigenvalue weighted by Gasteiger charge is -2.16. The van der Waals surface area contributed by atoms with Crippen LogP contribution in [0.3, 0.4) is 0 Å². The lowest BCUT2D eigenvalue weighted by Crippen LogP contribution is -2.31. The maximum absolute atomic E-state index is 12.5. The van der Waals surface area contributed by atoms with Gasteiger partial charge in [-0.15, -0.1) is 0 Å². The highest BCUT2D eigenvalue weighted by atomic mass is 79.9. The van der Waals surface area contributed by atoms with Gasteiger partial charge in [0, 0.05) is 6.54 Å². The predicted octanol–water partition coefficient (Wildman–Crippen LogP) is 4.41. The molecule has 1 heterocycles. The van der Waals surface area contributed by atoms with Crippen molar-refractivity contribution < 1.29 is 14.6 Å². The van der Waals surface area contributed by atoms with Crippen LogP contribution in [0.25, 0.3) is 6.08 Å². The Bertz CT molecular complexity index is 674. The molecule has 7 heteroatoms. The highest BCUT2D eigenvalue weighted by Crippen LogP contribution is 2.38. The van der Waals surface area contributed by atoms with Crippen LogP contribution in [0.1, 0.15) is 26.3 Å². The van der Waals surface area contributed by atoms with Gasteiger partial charge in [-0.3, -0.25) is 9.69 Å². The molecule has 1 aromatic carbocycles. The molecule has 1 N–H and O–H groups in total. The second-order valence-electron chi connectivity index (χ2n) is 5.47. The third-order valence-electron chi connectivity index (χ3n) is 3.07. The molecule has 0 bridgehead atoms. The first-order valence-electron chi connectivity index (χ1n) is 7.24. The first kappa shape index (κ1) is 18.3. The third-order valence-corrected chi connectivity index (χ3v) is 5.05. The molecule has 1 aromatic rings. The number of hydrogen-bond donors (Lipinski definition) is 1. The van der Waals surface area contributed by atoms with Crippen LogP contribution in [0, 0.1) is 5.92 Å². The minimum Gasteiger partial charge on any atom is -0.503 e. The molecule has 0 atom stereocenters. The van der Waals surface area contributed by atoms with Crippen molar-refractivity contribution in [3.63, 3.8) is 0 Å².